The summed E-state index contributed by atoms with van der Waals surface area (Å²) in [7, 11) is 0. The highest BCUT2D eigenvalue weighted by Crippen LogP contribution is 2.49. The van der Waals surface area contributed by atoms with Crippen molar-refractivity contribution in [2.75, 3.05) is 6.54 Å². The van der Waals surface area contributed by atoms with Crippen molar-refractivity contribution >= 4 is 0 Å². The predicted octanol–water partition coefficient (Wildman–Crippen LogP) is 3.59. The molecule has 0 spiro atoms. The quantitative estimate of drug-likeness (QED) is 0.762. The van der Waals surface area contributed by atoms with Gasteiger partial charge in [0.1, 0.15) is 0 Å². The molecule has 2 rings (SSSR count). The van der Waals surface area contributed by atoms with E-state index in [0.29, 0.717) is 17.9 Å². The number of benzene rings is 1. The number of nitriles is 1. The minimum atomic E-state index is 0.299. The van der Waals surface area contributed by atoms with Gasteiger partial charge < -0.3 is 0 Å². The van der Waals surface area contributed by atoms with Gasteiger partial charge in [-0.2, -0.15) is 5.26 Å². The largest absolute Gasteiger partial charge is 0.296 e. The average molecular weight is 242 g/mol. The molecule has 1 aromatic carbocycles. The van der Waals surface area contributed by atoms with Crippen LogP contribution in [0.15, 0.2) is 30.3 Å². The summed E-state index contributed by atoms with van der Waals surface area (Å²) in [5.74, 6) is 0. The Morgan fingerprint density at radius 1 is 1.28 bits per heavy atom. The van der Waals surface area contributed by atoms with Crippen molar-refractivity contribution in [3.05, 3.63) is 35.9 Å². The van der Waals surface area contributed by atoms with Crippen LogP contribution < -0.4 is 0 Å². The fourth-order valence-electron chi connectivity index (χ4n) is 2.41. The smallest absolute Gasteiger partial charge is 0.0628 e. The number of rotatable bonds is 6. The zero-order chi connectivity index (χ0) is 13.0. The molecule has 2 nitrogen and oxygen atoms in total. The maximum absolute atomic E-state index is 8.91. The van der Waals surface area contributed by atoms with Crippen LogP contribution in [-0.2, 0) is 6.54 Å². The van der Waals surface area contributed by atoms with Crippen molar-refractivity contribution in [3.63, 3.8) is 0 Å². The van der Waals surface area contributed by atoms with Gasteiger partial charge in [0.05, 0.1) is 6.07 Å². The predicted molar refractivity (Wildman–Crippen MR) is 73.9 cm³/mol. The van der Waals surface area contributed by atoms with Crippen LogP contribution in [0.25, 0.3) is 0 Å². The second-order valence-electron chi connectivity index (χ2n) is 5.82. The molecule has 0 saturated heterocycles. The van der Waals surface area contributed by atoms with Gasteiger partial charge >= 0.3 is 0 Å². The molecular weight excluding hydrogens is 220 g/mol. The van der Waals surface area contributed by atoms with Crippen LogP contribution in [0.5, 0.6) is 0 Å². The highest BCUT2D eigenvalue weighted by Gasteiger charge is 2.43. The Balaban J connectivity index is 1.99. The molecule has 0 amide bonds. The zero-order valence-corrected chi connectivity index (χ0v) is 11.4. The van der Waals surface area contributed by atoms with Crippen LogP contribution in [0.1, 0.15) is 38.7 Å². The van der Waals surface area contributed by atoms with E-state index in [2.05, 4.69) is 55.1 Å². The van der Waals surface area contributed by atoms with Crippen LogP contribution in [-0.4, -0.2) is 17.5 Å². The van der Waals surface area contributed by atoms with Crippen molar-refractivity contribution in [3.8, 4) is 6.07 Å². The minimum absolute atomic E-state index is 0.299. The van der Waals surface area contributed by atoms with E-state index in [1.54, 1.807) is 0 Å². The molecule has 1 aromatic rings. The maximum Gasteiger partial charge on any atom is 0.0628 e. The first-order chi connectivity index (χ1) is 8.65. The van der Waals surface area contributed by atoms with Crippen LogP contribution in [0.2, 0.25) is 0 Å². The highest BCUT2D eigenvalue weighted by atomic mass is 15.2. The molecule has 0 atom stereocenters. The van der Waals surface area contributed by atoms with Crippen molar-refractivity contribution < 1.29 is 0 Å². The van der Waals surface area contributed by atoms with Gasteiger partial charge in [-0.25, -0.2) is 0 Å². The van der Waals surface area contributed by atoms with Gasteiger partial charge in [0.25, 0.3) is 0 Å². The second kappa shape index (κ2) is 5.54. The molecular formula is C16H22N2. The third kappa shape index (κ3) is 3.34. The SMILES string of the molecule is CC(C)N(Cc1ccccc1)CC1(CC#N)CC1. The van der Waals surface area contributed by atoms with Gasteiger partial charge in [0.2, 0.25) is 0 Å². The van der Waals surface area contributed by atoms with E-state index < -0.39 is 0 Å². The summed E-state index contributed by atoms with van der Waals surface area (Å²) in [4.78, 5) is 2.50. The lowest BCUT2D eigenvalue weighted by Crippen LogP contribution is -2.35. The van der Waals surface area contributed by atoms with Crippen LogP contribution in [0.3, 0.4) is 0 Å². The lowest BCUT2D eigenvalue weighted by Gasteiger charge is -2.30. The van der Waals surface area contributed by atoms with E-state index in [9.17, 15) is 0 Å². The van der Waals surface area contributed by atoms with Crippen molar-refractivity contribution in [1.29, 1.82) is 5.26 Å². The molecule has 18 heavy (non-hydrogen) atoms. The maximum atomic E-state index is 8.91. The molecule has 0 radical (unpaired) electrons. The third-order valence-electron chi connectivity index (χ3n) is 3.91. The summed E-state index contributed by atoms with van der Waals surface area (Å²) in [6.45, 7) is 6.54. The van der Waals surface area contributed by atoms with Gasteiger partial charge in [-0.15, -0.1) is 0 Å². The number of nitrogens with zero attached hydrogens (tertiary/aromatic N) is 2. The summed E-state index contributed by atoms with van der Waals surface area (Å²) in [5.41, 5.74) is 1.66. The summed E-state index contributed by atoms with van der Waals surface area (Å²) in [6.07, 6.45) is 3.15. The lowest BCUT2D eigenvalue weighted by molar-refractivity contribution is 0.170. The monoisotopic (exact) mass is 242 g/mol. The Bertz CT molecular complexity index is 412. The normalized spacial score (nSPS) is 16.8. The van der Waals surface area contributed by atoms with Crippen molar-refractivity contribution in [2.24, 2.45) is 5.41 Å². The van der Waals surface area contributed by atoms with Gasteiger partial charge in [-0.05, 0) is 37.7 Å². The Labute approximate surface area is 110 Å². The summed E-state index contributed by atoms with van der Waals surface area (Å²) >= 11 is 0. The summed E-state index contributed by atoms with van der Waals surface area (Å²) < 4.78 is 0. The van der Waals surface area contributed by atoms with Crippen LogP contribution in [0.4, 0.5) is 0 Å². The Kier molecular flexibility index (Phi) is 4.04. The third-order valence-corrected chi connectivity index (χ3v) is 3.91. The fraction of sp³-hybridized carbons (Fsp3) is 0.562. The summed E-state index contributed by atoms with van der Waals surface area (Å²) in [5, 5.41) is 8.91. The van der Waals surface area contributed by atoms with Gasteiger partial charge in [0, 0.05) is 25.6 Å². The van der Waals surface area contributed by atoms with Crippen LogP contribution in [0, 0.1) is 16.7 Å². The highest BCUT2D eigenvalue weighted by molar-refractivity contribution is 5.15. The molecule has 0 unspecified atom stereocenters. The molecule has 0 N–H and O–H groups in total. The van der Waals surface area contributed by atoms with Crippen LogP contribution >= 0.6 is 0 Å². The Morgan fingerprint density at radius 3 is 2.44 bits per heavy atom. The van der Waals surface area contributed by atoms with E-state index in [-0.39, 0.29) is 0 Å². The lowest BCUT2D eigenvalue weighted by atomic mass is 10.0. The zero-order valence-electron chi connectivity index (χ0n) is 11.4. The van der Waals surface area contributed by atoms with Crippen molar-refractivity contribution in [1.82, 2.24) is 4.90 Å². The van der Waals surface area contributed by atoms with E-state index in [0.717, 1.165) is 13.1 Å². The first-order valence-corrected chi connectivity index (χ1v) is 6.80. The standard InChI is InChI=1S/C16H22N2/c1-14(2)18(12-15-6-4-3-5-7-15)13-16(8-9-16)10-11-17/h3-7,14H,8-10,12-13H2,1-2H3. The molecule has 0 heterocycles. The average Bonchev–Trinajstić information content (AvgIpc) is 3.10. The Morgan fingerprint density at radius 2 is 1.94 bits per heavy atom. The molecule has 1 saturated carbocycles. The molecule has 1 aliphatic carbocycles. The number of hydrogen-bond acceptors (Lipinski definition) is 2. The Hall–Kier alpha value is -1.33. The first-order valence-electron chi connectivity index (χ1n) is 6.80. The molecule has 96 valence electrons. The first kappa shape index (κ1) is 13.1. The molecule has 1 aliphatic rings. The van der Waals surface area contributed by atoms with E-state index in [1.807, 2.05) is 0 Å². The van der Waals surface area contributed by atoms with Gasteiger partial charge in [0.15, 0.2) is 0 Å². The summed E-state index contributed by atoms with van der Waals surface area (Å²) in [6, 6.07) is 13.5. The topological polar surface area (TPSA) is 27.0 Å². The molecule has 1 fully saturated rings. The molecule has 0 bridgehead atoms. The van der Waals surface area contributed by atoms with Gasteiger partial charge in [-0.1, -0.05) is 30.3 Å². The van der Waals surface area contributed by atoms with E-state index in [1.165, 1.54) is 18.4 Å². The number of hydrogen-bond donors (Lipinski definition) is 0. The van der Waals surface area contributed by atoms with Gasteiger partial charge in [-0.3, -0.25) is 4.90 Å². The van der Waals surface area contributed by atoms with E-state index >= 15 is 0 Å². The van der Waals surface area contributed by atoms with E-state index in [4.69, 9.17) is 5.26 Å². The second-order valence-corrected chi connectivity index (χ2v) is 5.82. The van der Waals surface area contributed by atoms with Crippen molar-refractivity contribution in [2.45, 2.75) is 45.7 Å². The fourth-order valence-corrected chi connectivity index (χ4v) is 2.41. The molecule has 0 aromatic heterocycles. The molecule has 0 aliphatic heterocycles. The molecule has 2 heteroatoms. The minimum Gasteiger partial charge on any atom is -0.296 e.